The number of hydrogen-bond acceptors (Lipinski definition) is 3. The summed E-state index contributed by atoms with van der Waals surface area (Å²) in [6.45, 7) is 3.78. The Bertz CT molecular complexity index is 494. The number of alkyl halides is 3. The molecule has 1 N–H and O–H groups in total. The van der Waals surface area contributed by atoms with Crippen molar-refractivity contribution in [2.75, 3.05) is 33.8 Å². The van der Waals surface area contributed by atoms with E-state index in [0.29, 0.717) is 6.54 Å². The van der Waals surface area contributed by atoms with Gasteiger partial charge in [0.2, 0.25) is 5.88 Å². The molecule has 0 saturated heterocycles. The molecule has 0 spiro atoms. The number of nitrogens with one attached hydrogen (secondary N) is 1. The summed E-state index contributed by atoms with van der Waals surface area (Å²) >= 11 is 0. The number of unbranched alkanes of at least 4 members (excludes halogenated alkanes) is 1. The number of ether oxygens (including phenoxy) is 1. The summed E-state index contributed by atoms with van der Waals surface area (Å²) in [6.07, 6.45) is -1.45. The van der Waals surface area contributed by atoms with Crippen molar-refractivity contribution in [2.45, 2.75) is 25.9 Å². The predicted molar refractivity (Wildman–Crippen MR) is 99.0 cm³/mol. The molecule has 0 radical (unpaired) electrons. The lowest BCUT2D eigenvalue weighted by Crippen LogP contribution is -2.41. The van der Waals surface area contributed by atoms with Crippen molar-refractivity contribution < 1.29 is 17.9 Å². The SMILES string of the molecule is CCCCN(C)C(=NC)NCCOc1ccc(C(F)(F)F)cn1.I. The smallest absolute Gasteiger partial charge is 0.417 e. The summed E-state index contributed by atoms with van der Waals surface area (Å²) in [5.74, 6) is 0.913. The largest absolute Gasteiger partial charge is 0.476 e. The summed E-state index contributed by atoms with van der Waals surface area (Å²) in [7, 11) is 3.65. The van der Waals surface area contributed by atoms with Crippen molar-refractivity contribution in [3.05, 3.63) is 23.9 Å². The Labute approximate surface area is 157 Å². The van der Waals surface area contributed by atoms with Crippen LogP contribution in [0.25, 0.3) is 0 Å². The van der Waals surface area contributed by atoms with Gasteiger partial charge in [0.05, 0.1) is 12.1 Å². The quantitative estimate of drug-likeness (QED) is 0.294. The minimum Gasteiger partial charge on any atom is -0.476 e. The zero-order valence-electron chi connectivity index (χ0n) is 14.1. The fourth-order valence-electron chi connectivity index (χ4n) is 1.84. The number of guanidine groups is 1. The van der Waals surface area contributed by atoms with E-state index in [1.165, 1.54) is 6.07 Å². The number of rotatable bonds is 7. The van der Waals surface area contributed by atoms with Crippen molar-refractivity contribution in [2.24, 2.45) is 4.99 Å². The monoisotopic (exact) mass is 460 g/mol. The van der Waals surface area contributed by atoms with Crippen LogP contribution < -0.4 is 10.1 Å². The predicted octanol–water partition coefficient (Wildman–Crippen LogP) is 3.40. The molecule has 1 aromatic heterocycles. The zero-order valence-corrected chi connectivity index (χ0v) is 16.4. The summed E-state index contributed by atoms with van der Waals surface area (Å²) in [5.41, 5.74) is -0.791. The van der Waals surface area contributed by atoms with E-state index in [0.717, 1.165) is 37.6 Å². The average Bonchev–Trinajstić information content (AvgIpc) is 2.52. The van der Waals surface area contributed by atoms with E-state index in [9.17, 15) is 13.2 Å². The van der Waals surface area contributed by atoms with Crippen molar-refractivity contribution >= 4 is 29.9 Å². The molecule has 0 saturated carbocycles. The van der Waals surface area contributed by atoms with Crippen LogP contribution in [0.2, 0.25) is 0 Å². The molecule has 0 aliphatic heterocycles. The van der Waals surface area contributed by atoms with Crippen molar-refractivity contribution in [1.82, 2.24) is 15.2 Å². The molecule has 0 amide bonds. The van der Waals surface area contributed by atoms with Crippen LogP contribution in [0, 0.1) is 0 Å². The van der Waals surface area contributed by atoms with E-state index >= 15 is 0 Å². The van der Waals surface area contributed by atoms with Gasteiger partial charge in [-0.05, 0) is 12.5 Å². The number of hydrogen-bond donors (Lipinski definition) is 1. The standard InChI is InChI=1S/C15H23F3N4O.HI/c1-4-5-9-22(3)14(19-2)20-8-10-23-13-7-6-12(11-21-13)15(16,17)18;/h6-7,11H,4-5,8-10H2,1-3H3,(H,19,20);1H. The lowest BCUT2D eigenvalue weighted by Gasteiger charge is -2.21. The molecule has 1 aromatic rings. The number of pyridine rings is 1. The highest BCUT2D eigenvalue weighted by Gasteiger charge is 2.30. The van der Waals surface area contributed by atoms with Crippen LogP contribution in [0.1, 0.15) is 25.3 Å². The van der Waals surface area contributed by atoms with Crippen LogP contribution in [0.5, 0.6) is 5.88 Å². The first kappa shape index (κ1) is 22.7. The number of aromatic nitrogens is 1. The molecule has 0 aliphatic carbocycles. The van der Waals surface area contributed by atoms with Gasteiger partial charge in [-0.3, -0.25) is 4.99 Å². The first-order chi connectivity index (χ1) is 10.9. The Balaban J connectivity index is 0.00000529. The average molecular weight is 460 g/mol. The molecule has 0 aliphatic rings. The highest BCUT2D eigenvalue weighted by Crippen LogP contribution is 2.29. The zero-order chi connectivity index (χ0) is 17.3. The van der Waals surface area contributed by atoms with Crippen LogP contribution >= 0.6 is 24.0 Å². The fourth-order valence-corrected chi connectivity index (χ4v) is 1.84. The van der Waals surface area contributed by atoms with Crippen molar-refractivity contribution in [1.29, 1.82) is 0 Å². The summed E-state index contributed by atoms with van der Waals surface area (Å²) < 4.78 is 42.5. The number of nitrogens with zero attached hydrogens (tertiary/aromatic N) is 3. The van der Waals surface area contributed by atoms with E-state index in [1.807, 2.05) is 11.9 Å². The Morgan fingerprint density at radius 3 is 2.58 bits per heavy atom. The van der Waals surface area contributed by atoms with Gasteiger partial charge < -0.3 is 15.0 Å². The third-order valence-electron chi connectivity index (χ3n) is 3.12. The fraction of sp³-hybridized carbons (Fsp3) is 0.600. The highest BCUT2D eigenvalue weighted by atomic mass is 127. The van der Waals surface area contributed by atoms with E-state index in [2.05, 4.69) is 22.2 Å². The van der Waals surface area contributed by atoms with Gasteiger partial charge in [-0.25, -0.2) is 4.98 Å². The second-order valence-electron chi connectivity index (χ2n) is 4.98. The third kappa shape index (κ3) is 8.02. The molecule has 9 heteroatoms. The van der Waals surface area contributed by atoms with Crippen LogP contribution in [-0.2, 0) is 6.18 Å². The maximum atomic E-state index is 12.4. The molecule has 5 nitrogen and oxygen atoms in total. The minimum atomic E-state index is -4.39. The van der Waals surface area contributed by atoms with Crippen LogP contribution in [0.4, 0.5) is 13.2 Å². The summed E-state index contributed by atoms with van der Waals surface area (Å²) in [6, 6.07) is 2.16. The van der Waals surface area contributed by atoms with Gasteiger partial charge in [0.25, 0.3) is 0 Å². The van der Waals surface area contributed by atoms with Crippen LogP contribution in [-0.4, -0.2) is 49.6 Å². The second kappa shape index (κ2) is 11.3. The molecule has 0 bridgehead atoms. The van der Waals surface area contributed by atoms with E-state index in [1.54, 1.807) is 7.05 Å². The lowest BCUT2D eigenvalue weighted by atomic mass is 10.3. The van der Waals surface area contributed by atoms with E-state index < -0.39 is 11.7 Å². The van der Waals surface area contributed by atoms with Crippen molar-refractivity contribution in [3.8, 4) is 5.88 Å². The molecule has 1 heterocycles. The third-order valence-corrected chi connectivity index (χ3v) is 3.12. The topological polar surface area (TPSA) is 49.8 Å². The molecule has 138 valence electrons. The highest BCUT2D eigenvalue weighted by molar-refractivity contribution is 14.0. The molecule has 24 heavy (non-hydrogen) atoms. The van der Waals surface area contributed by atoms with Crippen LogP contribution in [0.15, 0.2) is 23.3 Å². The molecule has 0 atom stereocenters. The normalized spacial score (nSPS) is 11.7. The molecule has 0 aromatic carbocycles. The van der Waals surface area contributed by atoms with Crippen LogP contribution in [0.3, 0.4) is 0 Å². The first-order valence-electron chi connectivity index (χ1n) is 7.46. The van der Waals surface area contributed by atoms with Gasteiger partial charge in [-0.2, -0.15) is 13.2 Å². The van der Waals surface area contributed by atoms with Gasteiger partial charge in [0.1, 0.15) is 6.61 Å². The van der Waals surface area contributed by atoms with Gasteiger partial charge in [0, 0.05) is 32.9 Å². The van der Waals surface area contributed by atoms with E-state index in [-0.39, 0.29) is 36.5 Å². The summed E-state index contributed by atoms with van der Waals surface area (Å²) in [4.78, 5) is 9.82. The van der Waals surface area contributed by atoms with Gasteiger partial charge in [-0.15, -0.1) is 24.0 Å². The molecule has 0 fully saturated rings. The Hall–Kier alpha value is -1.26. The van der Waals surface area contributed by atoms with Gasteiger partial charge in [-0.1, -0.05) is 13.3 Å². The number of aliphatic imine (C=N–C) groups is 1. The van der Waals surface area contributed by atoms with Gasteiger partial charge >= 0.3 is 6.18 Å². The van der Waals surface area contributed by atoms with Gasteiger partial charge in [0.15, 0.2) is 5.96 Å². The maximum absolute atomic E-state index is 12.4. The minimum absolute atomic E-state index is 0. The Kier molecular flexibility index (Phi) is 10.7. The molecular weight excluding hydrogens is 436 g/mol. The molecular formula is C15H24F3IN4O. The number of halogens is 4. The van der Waals surface area contributed by atoms with Crippen molar-refractivity contribution in [3.63, 3.8) is 0 Å². The lowest BCUT2D eigenvalue weighted by molar-refractivity contribution is -0.137. The Morgan fingerprint density at radius 1 is 1.38 bits per heavy atom. The second-order valence-corrected chi connectivity index (χ2v) is 4.98. The Morgan fingerprint density at radius 2 is 2.08 bits per heavy atom. The first-order valence-corrected chi connectivity index (χ1v) is 7.46. The molecule has 0 unspecified atom stereocenters. The maximum Gasteiger partial charge on any atom is 0.417 e. The molecule has 1 rings (SSSR count). The summed E-state index contributed by atoms with van der Waals surface area (Å²) in [5, 5.41) is 3.13. The van der Waals surface area contributed by atoms with E-state index in [4.69, 9.17) is 4.74 Å².